The largest absolute Gasteiger partial charge is 0.371 e. The minimum Gasteiger partial charge on any atom is -0.371 e. The number of halogens is 2. The number of nitrogens with zero attached hydrogens (tertiary/aromatic N) is 2. The normalized spacial score (nSPS) is 10.7. The zero-order valence-corrected chi connectivity index (χ0v) is 12.4. The van der Waals surface area contributed by atoms with Crippen molar-refractivity contribution in [3.05, 3.63) is 36.3 Å². The number of nitro groups is 2. The second kappa shape index (κ2) is 6.71. The molecule has 7 nitrogen and oxygen atoms in total. The Kier molecular flexibility index (Phi) is 5.52. The molecule has 1 aromatic carbocycles. The standard InChI is InChI=1S/C11H13Cl2N3O4/c1-3-6(4-2)14-10-8(15(17)18)5-7(12)9(13)11(10)16(19)20/h5-6,14H,3-4H2,1-2H3. The molecule has 1 aromatic rings. The molecule has 0 atom stereocenters. The van der Waals surface area contributed by atoms with Crippen molar-refractivity contribution in [3.63, 3.8) is 0 Å². The van der Waals surface area contributed by atoms with E-state index in [1.54, 1.807) is 0 Å². The van der Waals surface area contributed by atoms with E-state index in [1.807, 2.05) is 13.8 Å². The van der Waals surface area contributed by atoms with Crippen molar-refractivity contribution in [3.8, 4) is 0 Å². The number of hydrogen-bond acceptors (Lipinski definition) is 5. The van der Waals surface area contributed by atoms with Crippen LogP contribution in [-0.4, -0.2) is 15.9 Å². The second-order valence-corrected chi connectivity index (χ2v) is 4.87. The molecule has 0 aliphatic heterocycles. The lowest BCUT2D eigenvalue weighted by molar-refractivity contribution is -0.392. The first-order chi connectivity index (χ1) is 9.33. The summed E-state index contributed by atoms with van der Waals surface area (Å²) in [4.78, 5) is 20.7. The highest BCUT2D eigenvalue weighted by Crippen LogP contribution is 2.44. The maximum Gasteiger partial charge on any atom is 0.319 e. The molecule has 9 heteroatoms. The average molecular weight is 322 g/mol. The molecule has 0 saturated carbocycles. The maximum atomic E-state index is 11.1. The van der Waals surface area contributed by atoms with Gasteiger partial charge in [0, 0.05) is 12.1 Å². The van der Waals surface area contributed by atoms with Gasteiger partial charge >= 0.3 is 11.4 Å². The molecular formula is C11H13Cl2N3O4. The summed E-state index contributed by atoms with van der Waals surface area (Å²) in [7, 11) is 0. The zero-order valence-electron chi connectivity index (χ0n) is 10.9. The van der Waals surface area contributed by atoms with Gasteiger partial charge in [-0.1, -0.05) is 37.0 Å². The van der Waals surface area contributed by atoms with Crippen LogP contribution in [0.2, 0.25) is 10.0 Å². The van der Waals surface area contributed by atoms with Crippen LogP contribution in [0.1, 0.15) is 26.7 Å². The summed E-state index contributed by atoms with van der Waals surface area (Å²) >= 11 is 11.5. The third-order valence-electron chi connectivity index (χ3n) is 2.89. The van der Waals surface area contributed by atoms with E-state index in [1.165, 1.54) is 0 Å². The quantitative estimate of drug-likeness (QED) is 0.618. The summed E-state index contributed by atoms with van der Waals surface area (Å²) in [6, 6.07) is 0.881. The van der Waals surface area contributed by atoms with Crippen molar-refractivity contribution in [2.45, 2.75) is 32.7 Å². The van der Waals surface area contributed by atoms with E-state index >= 15 is 0 Å². The van der Waals surface area contributed by atoms with Crippen LogP contribution >= 0.6 is 23.2 Å². The molecule has 0 amide bonds. The molecule has 0 unspecified atom stereocenters. The second-order valence-electron chi connectivity index (χ2n) is 4.09. The van der Waals surface area contributed by atoms with Crippen LogP contribution in [0.4, 0.5) is 17.1 Å². The number of rotatable bonds is 6. The van der Waals surface area contributed by atoms with E-state index in [0.717, 1.165) is 6.07 Å². The van der Waals surface area contributed by atoms with Gasteiger partial charge in [-0.25, -0.2) is 0 Å². The van der Waals surface area contributed by atoms with Crippen molar-refractivity contribution in [1.82, 2.24) is 0 Å². The Hall–Kier alpha value is -1.60. The van der Waals surface area contributed by atoms with Crippen molar-refractivity contribution < 1.29 is 9.85 Å². The van der Waals surface area contributed by atoms with E-state index in [2.05, 4.69) is 5.32 Å². The van der Waals surface area contributed by atoms with E-state index < -0.39 is 21.2 Å². The minimum atomic E-state index is -0.772. The first kappa shape index (κ1) is 16.5. The third-order valence-corrected chi connectivity index (χ3v) is 3.66. The van der Waals surface area contributed by atoms with Gasteiger partial charge in [0.25, 0.3) is 0 Å². The molecule has 110 valence electrons. The summed E-state index contributed by atoms with van der Waals surface area (Å²) in [5, 5.41) is 24.5. The van der Waals surface area contributed by atoms with Crippen LogP contribution in [0.25, 0.3) is 0 Å². The summed E-state index contributed by atoms with van der Waals surface area (Å²) in [5.74, 6) is 0. The Morgan fingerprint density at radius 3 is 2.15 bits per heavy atom. The Balaban J connectivity index is 3.54. The van der Waals surface area contributed by atoms with Crippen LogP contribution < -0.4 is 5.32 Å². The van der Waals surface area contributed by atoms with E-state index in [9.17, 15) is 20.2 Å². The lowest BCUT2D eigenvalue weighted by atomic mass is 10.1. The summed E-state index contributed by atoms with van der Waals surface area (Å²) in [6.45, 7) is 3.74. The van der Waals surface area contributed by atoms with Crippen molar-refractivity contribution >= 4 is 40.3 Å². The van der Waals surface area contributed by atoms with Crippen LogP contribution in [0.3, 0.4) is 0 Å². The van der Waals surface area contributed by atoms with Gasteiger partial charge in [0.15, 0.2) is 5.69 Å². The fraction of sp³-hybridized carbons (Fsp3) is 0.455. The minimum absolute atomic E-state index is 0.135. The Morgan fingerprint density at radius 2 is 1.75 bits per heavy atom. The summed E-state index contributed by atoms with van der Waals surface area (Å²) in [5.41, 5.74) is -1.24. The zero-order chi connectivity index (χ0) is 15.4. The molecule has 1 N–H and O–H groups in total. The Bertz CT molecular complexity index is 547. The van der Waals surface area contributed by atoms with Crippen LogP contribution in [-0.2, 0) is 0 Å². The first-order valence-electron chi connectivity index (χ1n) is 5.90. The monoisotopic (exact) mass is 321 g/mol. The molecule has 0 aliphatic carbocycles. The van der Waals surface area contributed by atoms with Crippen molar-refractivity contribution in [2.24, 2.45) is 0 Å². The third kappa shape index (κ3) is 3.29. The fourth-order valence-electron chi connectivity index (χ4n) is 1.75. The summed E-state index contributed by atoms with van der Waals surface area (Å²) < 4.78 is 0. The number of benzene rings is 1. The highest BCUT2D eigenvalue weighted by molar-refractivity contribution is 6.44. The van der Waals surface area contributed by atoms with Gasteiger partial charge in [-0.2, -0.15) is 0 Å². The number of nitro benzene ring substituents is 2. The van der Waals surface area contributed by atoms with E-state index in [4.69, 9.17) is 23.2 Å². The lowest BCUT2D eigenvalue weighted by Gasteiger charge is -2.16. The van der Waals surface area contributed by atoms with Gasteiger partial charge in [0.2, 0.25) is 0 Å². The smallest absolute Gasteiger partial charge is 0.319 e. The molecule has 0 fully saturated rings. The number of hydrogen-bond donors (Lipinski definition) is 1. The molecule has 1 rings (SSSR count). The molecule has 0 radical (unpaired) electrons. The molecule has 0 saturated heterocycles. The van der Waals surface area contributed by atoms with Gasteiger partial charge in [0.1, 0.15) is 5.02 Å². The first-order valence-corrected chi connectivity index (χ1v) is 6.66. The fourth-order valence-corrected chi connectivity index (χ4v) is 2.17. The highest BCUT2D eigenvalue weighted by Gasteiger charge is 2.32. The summed E-state index contributed by atoms with van der Waals surface area (Å²) in [6.07, 6.45) is 1.32. The molecule has 0 bridgehead atoms. The van der Waals surface area contributed by atoms with Gasteiger partial charge in [-0.05, 0) is 12.8 Å². The van der Waals surface area contributed by atoms with Gasteiger partial charge in [0.05, 0.1) is 14.9 Å². The average Bonchev–Trinajstić information content (AvgIpc) is 2.38. The Morgan fingerprint density at radius 1 is 1.20 bits per heavy atom. The van der Waals surface area contributed by atoms with Gasteiger partial charge < -0.3 is 5.32 Å². The van der Waals surface area contributed by atoms with Crippen LogP contribution in [0.5, 0.6) is 0 Å². The molecule has 0 heterocycles. The number of nitrogens with one attached hydrogen (secondary N) is 1. The van der Waals surface area contributed by atoms with Crippen molar-refractivity contribution in [2.75, 3.05) is 5.32 Å². The SMILES string of the molecule is CCC(CC)Nc1c([N+](=O)[O-])cc(Cl)c(Cl)c1[N+](=O)[O-]. The van der Waals surface area contributed by atoms with E-state index in [0.29, 0.717) is 12.8 Å². The lowest BCUT2D eigenvalue weighted by Crippen LogP contribution is -2.19. The predicted molar refractivity (Wildman–Crippen MR) is 77.8 cm³/mol. The van der Waals surface area contributed by atoms with E-state index in [-0.39, 0.29) is 21.8 Å². The highest BCUT2D eigenvalue weighted by atomic mass is 35.5. The maximum absolute atomic E-state index is 11.1. The molecule has 0 spiro atoms. The van der Waals surface area contributed by atoms with Crippen LogP contribution in [0.15, 0.2) is 6.07 Å². The molecular weight excluding hydrogens is 309 g/mol. The topological polar surface area (TPSA) is 98.3 Å². The van der Waals surface area contributed by atoms with Gasteiger partial charge in [-0.3, -0.25) is 20.2 Å². The van der Waals surface area contributed by atoms with Crippen molar-refractivity contribution in [1.29, 1.82) is 0 Å². The van der Waals surface area contributed by atoms with Crippen LogP contribution in [0, 0.1) is 20.2 Å². The Labute approximate surface area is 125 Å². The molecule has 0 aromatic heterocycles. The predicted octanol–water partition coefficient (Wildman–Crippen LogP) is 4.41. The van der Waals surface area contributed by atoms with Gasteiger partial charge in [-0.15, -0.1) is 0 Å². The molecule has 20 heavy (non-hydrogen) atoms. The number of anilines is 1. The molecule has 0 aliphatic rings.